The average molecular weight is 251 g/mol. The van der Waals surface area contributed by atoms with Crippen LogP contribution in [0.4, 0.5) is 0 Å². The molecule has 0 saturated heterocycles. The van der Waals surface area contributed by atoms with E-state index >= 15 is 0 Å². The molecule has 1 nitrogen and oxygen atoms in total. The van der Waals surface area contributed by atoms with Crippen molar-refractivity contribution < 1.29 is 0 Å². The first kappa shape index (κ1) is 12.4. The summed E-state index contributed by atoms with van der Waals surface area (Å²) in [5.41, 5.74) is 13.3. The topological polar surface area (TPSA) is 26.0 Å². The Bertz CT molecular complexity index is 595. The van der Waals surface area contributed by atoms with Gasteiger partial charge in [0.2, 0.25) is 0 Å². The fourth-order valence-corrected chi connectivity index (χ4v) is 3.27. The highest BCUT2D eigenvalue weighted by atomic mass is 14.7. The number of fused-ring (bicyclic) bond motifs is 1. The van der Waals surface area contributed by atoms with E-state index in [-0.39, 0.29) is 5.54 Å². The lowest BCUT2D eigenvalue weighted by Crippen LogP contribution is -2.42. The second-order valence-electron chi connectivity index (χ2n) is 5.98. The van der Waals surface area contributed by atoms with Gasteiger partial charge in [-0.25, -0.2) is 0 Å². The lowest BCUT2D eigenvalue weighted by Gasteiger charge is -2.35. The summed E-state index contributed by atoms with van der Waals surface area (Å²) in [6.45, 7) is 4.30. The molecule has 98 valence electrons. The number of nitrogens with two attached hydrogens (primary N) is 1. The van der Waals surface area contributed by atoms with Crippen molar-refractivity contribution in [1.82, 2.24) is 0 Å². The van der Waals surface area contributed by atoms with Crippen LogP contribution in [0.1, 0.15) is 34.2 Å². The molecule has 0 heterocycles. The first-order valence-corrected chi connectivity index (χ1v) is 7.01. The van der Waals surface area contributed by atoms with Crippen molar-refractivity contribution in [2.45, 2.75) is 38.6 Å². The molecule has 0 bridgehead atoms. The van der Waals surface area contributed by atoms with Crippen molar-refractivity contribution in [3.8, 4) is 0 Å². The fraction of sp³-hybridized carbons (Fsp3) is 0.333. The molecule has 19 heavy (non-hydrogen) atoms. The molecule has 0 aromatic heterocycles. The van der Waals surface area contributed by atoms with E-state index in [1.54, 1.807) is 0 Å². The van der Waals surface area contributed by atoms with Crippen LogP contribution in [-0.2, 0) is 18.4 Å². The zero-order valence-corrected chi connectivity index (χ0v) is 11.7. The molecule has 1 heteroatoms. The van der Waals surface area contributed by atoms with Crippen LogP contribution < -0.4 is 5.73 Å². The molecule has 0 spiro atoms. The average Bonchev–Trinajstić information content (AvgIpc) is 2.37. The first-order chi connectivity index (χ1) is 9.07. The van der Waals surface area contributed by atoms with Gasteiger partial charge in [-0.3, -0.25) is 0 Å². The summed E-state index contributed by atoms with van der Waals surface area (Å²) in [7, 11) is 0. The van der Waals surface area contributed by atoms with Crippen molar-refractivity contribution in [2.75, 3.05) is 0 Å². The Morgan fingerprint density at radius 1 is 0.947 bits per heavy atom. The van der Waals surface area contributed by atoms with Crippen molar-refractivity contribution in [3.63, 3.8) is 0 Å². The van der Waals surface area contributed by atoms with Gasteiger partial charge in [-0.2, -0.15) is 0 Å². The van der Waals surface area contributed by atoms with Crippen LogP contribution >= 0.6 is 0 Å². The maximum Gasteiger partial charge on any atom is 0.0453 e. The molecule has 2 N–H and O–H groups in total. The van der Waals surface area contributed by atoms with E-state index < -0.39 is 0 Å². The van der Waals surface area contributed by atoms with Gasteiger partial charge in [0.05, 0.1) is 0 Å². The maximum atomic E-state index is 6.73. The molecule has 2 aromatic rings. The third-order valence-corrected chi connectivity index (χ3v) is 4.26. The minimum Gasteiger partial charge on any atom is -0.321 e. The van der Waals surface area contributed by atoms with E-state index in [0.717, 1.165) is 19.3 Å². The predicted octanol–water partition coefficient (Wildman–Crippen LogP) is 3.65. The number of hydrogen-bond acceptors (Lipinski definition) is 1. The van der Waals surface area contributed by atoms with E-state index in [4.69, 9.17) is 5.73 Å². The van der Waals surface area contributed by atoms with Gasteiger partial charge in [0.25, 0.3) is 0 Å². The Morgan fingerprint density at radius 2 is 1.58 bits per heavy atom. The van der Waals surface area contributed by atoms with Gasteiger partial charge in [-0.05, 0) is 49.8 Å². The molecule has 0 fully saturated rings. The maximum absolute atomic E-state index is 6.73. The van der Waals surface area contributed by atoms with Crippen LogP contribution in [-0.4, -0.2) is 0 Å². The highest BCUT2D eigenvalue weighted by molar-refractivity contribution is 5.39. The van der Waals surface area contributed by atoms with Crippen LogP contribution in [0.15, 0.2) is 42.5 Å². The smallest absolute Gasteiger partial charge is 0.0453 e. The lowest BCUT2D eigenvalue weighted by atomic mass is 9.74. The van der Waals surface area contributed by atoms with Crippen LogP contribution in [0, 0.1) is 13.8 Å². The molecular weight excluding hydrogens is 230 g/mol. The van der Waals surface area contributed by atoms with Gasteiger partial charge in [0, 0.05) is 5.54 Å². The Hall–Kier alpha value is -1.60. The second-order valence-corrected chi connectivity index (χ2v) is 5.98. The van der Waals surface area contributed by atoms with Gasteiger partial charge in [0.1, 0.15) is 0 Å². The zero-order chi connectivity index (χ0) is 13.5. The molecule has 0 radical (unpaired) electrons. The van der Waals surface area contributed by atoms with Crippen molar-refractivity contribution >= 4 is 0 Å². The van der Waals surface area contributed by atoms with Gasteiger partial charge >= 0.3 is 0 Å². The first-order valence-electron chi connectivity index (χ1n) is 7.01. The minimum absolute atomic E-state index is 0.203. The van der Waals surface area contributed by atoms with E-state index in [0.29, 0.717) is 0 Å². The van der Waals surface area contributed by atoms with Gasteiger partial charge < -0.3 is 5.73 Å². The number of benzene rings is 2. The normalized spacial score (nSPS) is 22.1. The molecule has 0 aliphatic heterocycles. The zero-order valence-electron chi connectivity index (χ0n) is 11.7. The molecule has 1 aliphatic carbocycles. The second kappa shape index (κ2) is 4.50. The van der Waals surface area contributed by atoms with Crippen molar-refractivity contribution in [2.24, 2.45) is 5.73 Å². The SMILES string of the molecule is Cc1cc(C)cc(C2(N)CCc3ccccc3C2)c1. The summed E-state index contributed by atoms with van der Waals surface area (Å²) in [5.74, 6) is 0. The van der Waals surface area contributed by atoms with Crippen LogP contribution in [0.2, 0.25) is 0 Å². The Morgan fingerprint density at radius 3 is 2.26 bits per heavy atom. The molecule has 3 rings (SSSR count). The lowest BCUT2D eigenvalue weighted by molar-refractivity contribution is 0.385. The third-order valence-electron chi connectivity index (χ3n) is 4.26. The molecule has 2 aromatic carbocycles. The number of aryl methyl sites for hydroxylation is 3. The summed E-state index contributed by atoms with van der Waals surface area (Å²) >= 11 is 0. The van der Waals surface area contributed by atoms with Gasteiger partial charge in [0.15, 0.2) is 0 Å². The van der Waals surface area contributed by atoms with E-state index in [1.807, 2.05) is 0 Å². The van der Waals surface area contributed by atoms with Crippen LogP contribution in [0.3, 0.4) is 0 Å². The summed E-state index contributed by atoms with van der Waals surface area (Å²) in [5, 5.41) is 0. The van der Waals surface area contributed by atoms with Crippen LogP contribution in [0.5, 0.6) is 0 Å². The van der Waals surface area contributed by atoms with E-state index in [2.05, 4.69) is 56.3 Å². The highest BCUT2D eigenvalue weighted by Crippen LogP contribution is 2.35. The molecule has 0 saturated carbocycles. The Kier molecular flexibility index (Phi) is 2.94. The fourth-order valence-electron chi connectivity index (χ4n) is 3.27. The number of rotatable bonds is 1. The van der Waals surface area contributed by atoms with Gasteiger partial charge in [-0.15, -0.1) is 0 Å². The Balaban J connectivity index is 2.01. The monoisotopic (exact) mass is 251 g/mol. The quantitative estimate of drug-likeness (QED) is 0.822. The standard InChI is InChI=1S/C18H21N/c1-13-9-14(2)11-17(10-13)18(19)8-7-15-5-3-4-6-16(15)12-18/h3-6,9-11H,7-8,12,19H2,1-2H3. The van der Waals surface area contributed by atoms with Crippen molar-refractivity contribution in [3.05, 3.63) is 70.3 Å². The summed E-state index contributed by atoms with van der Waals surface area (Å²) in [6.07, 6.45) is 3.07. The third kappa shape index (κ3) is 2.31. The summed E-state index contributed by atoms with van der Waals surface area (Å²) in [6, 6.07) is 15.4. The largest absolute Gasteiger partial charge is 0.321 e. The molecule has 0 amide bonds. The minimum atomic E-state index is -0.203. The van der Waals surface area contributed by atoms with E-state index in [1.165, 1.54) is 27.8 Å². The number of hydrogen-bond donors (Lipinski definition) is 1. The summed E-state index contributed by atoms with van der Waals surface area (Å²) < 4.78 is 0. The molecule has 1 aliphatic rings. The Labute approximate surface area is 115 Å². The molecular formula is C18H21N. The van der Waals surface area contributed by atoms with Gasteiger partial charge in [-0.1, -0.05) is 53.6 Å². The van der Waals surface area contributed by atoms with Crippen molar-refractivity contribution in [1.29, 1.82) is 0 Å². The highest BCUT2D eigenvalue weighted by Gasteiger charge is 2.32. The summed E-state index contributed by atoms with van der Waals surface area (Å²) in [4.78, 5) is 0. The molecule has 1 atom stereocenters. The van der Waals surface area contributed by atoms with Crippen LogP contribution in [0.25, 0.3) is 0 Å². The predicted molar refractivity (Wildman–Crippen MR) is 80.2 cm³/mol. The molecule has 1 unspecified atom stereocenters. The van der Waals surface area contributed by atoms with E-state index in [9.17, 15) is 0 Å².